The second-order valence-corrected chi connectivity index (χ2v) is 2.84. The van der Waals surface area contributed by atoms with Crippen molar-refractivity contribution < 1.29 is 19.4 Å². The fourth-order valence-corrected chi connectivity index (χ4v) is 0.806. The molecule has 1 N–H and O–H groups in total. The second-order valence-electron chi connectivity index (χ2n) is 2.84. The lowest BCUT2D eigenvalue weighted by Gasteiger charge is -2.02. The zero-order valence-electron chi connectivity index (χ0n) is 9.68. The molecule has 1 aromatic carbocycles. The zero-order chi connectivity index (χ0) is 12.2. The molecule has 0 saturated carbocycles. The van der Waals surface area contributed by atoms with Crippen molar-refractivity contribution in [3.05, 3.63) is 29.8 Å². The van der Waals surface area contributed by atoms with Crippen LogP contribution in [0.3, 0.4) is 0 Å². The summed E-state index contributed by atoms with van der Waals surface area (Å²) >= 11 is 0. The van der Waals surface area contributed by atoms with E-state index in [1.54, 1.807) is 31.4 Å². The molecule has 1 rings (SSSR count). The van der Waals surface area contributed by atoms with Gasteiger partial charge in [0, 0.05) is 19.3 Å². The molecule has 0 amide bonds. The quantitative estimate of drug-likeness (QED) is 0.773. The molecule has 0 aromatic heterocycles. The van der Waals surface area contributed by atoms with E-state index in [1.165, 1.54) is 0 Å². The fraction of sp³-hybridized carbons (Fsp3) is 0.417. The first kappa shape index (κ1) is 14.6. The SMILES string of the molecule is CCOC.O=Cc1ccc(OCCO)cc1. The number of carbonyl (C=O) groups excluding carboxylic acids is 1. The molecule has 0 fully saturated rings. The van der Waals surface area contributed by atoms with Crippen LogP contribution in [0, 0.1) is 0 Å². The molecule has 0 saturated heterocycles. The molecule has 0 atom stereocenters. The van der Waals surface area contributed by atoms with Gasteiger partial charge in [-0.25, -0.2) is 0 Å². The lowest BCUT2D eigenvalue weighted by molar-refractivity contribution is 0.112. The Morgan fingerprint density at radius 3 is 2.25 bits per heavy atom. The highest BCUT2D eigenvalue weighted by Crippen LogP contribution is 2.10. The van der Waals surface area contributed by atoms with Crippen LogP contribution < -0.4 is 4.74 Å². The summed E-state index contributed by atoms with van der Waals surface area (Å²) in [5.41, 5.74) is 0.617. The fourth-order valence-electron chi connectivity index (χ4n) is 0.806. The number of aliphatic hydroxyl groups is 1. The van der Waals surface area contributed by atoms with Crippen molar-refractivity contribution >= 4 is 6.29 Å². The summed E-state index contributed by atoms with van der Waals surface area (Å²) in [6.07, 6.45) is 0.774. The molecule has 0 spiro atoms. The molecule has 0 heterocycles. The van der Waals surface area contributed by atoms with E-state index in [0.717, 1.165) is 12.9 Å². The van der Waals surface area contributed by atoms with Gasteiger partial charge in [-0.1, -0.05) is 0 Å². The number of aldehydes is 1. The number of carbonyl (C=O) groups is 1. The summed E-state index contributed by atoms with van der Waals surface area (Å²) < 4.78 is 9.63. The molecular formula is C12H18O4. The number of methoxy groups -OCH3 is 1. The van der Waals surface area contributed by atoms with Gasteiger partial charge >= 0.3 is 0 Å². The average molecular weight is 226 g/mol. The van der Waals surface area contributed by atoms with Crippen molar-refractivity contribution in [3.63, 3.8) is 0 Å². The Balaban J connectivity index is 0.000000487. The highest BCUT2D eigenvalue weighted by atomic mass is 16.5. The van der Waals surface area contributed by atoms with E-state index < -0.39 is 0 Å². The third kappa shape index (κ3) is 6.98. The number of rotatable bonds is 5. The van der Waals surface area contributed by atoms with E-state index >= 15 is 0 Å². The number of hydrogen-bond acceptors (Lipinski definition) is 4. The highest BCUT2D eigenvalue weighted by Gasteiger charge is 1.92. The largest absolute Gasteiger partial charge is 0.491 e. The molecule has 0 aliphatic carbocycles. The zero-order valence-corrected chi connectivity index (χ0v) is 9.68. The van der Waals surface area contributed by atoms with Crippen LogP contribution in [0.5, 0.6) is 5.75 Å². The van der Waals surface area contributed by atoms with Crippen LogP contribution in [0.4, 0.5) is 0 Å². The van der Waals surface area contributed by atoms with Gasteiger partial charge in [0.1, 0.15) is 18.6 Å². The highest BCUT2D eigenvalue weighted by molar-refractivity contribution is 5.74. The topological polar surface area (TPSA) is 55.8 Å². The van der Waals surface area contributed by atoms with Crippen LogP contribution in [0.2, 0.25) is 0 Å². The van der Waals surface area contributed by atoms with E-state index in [2.05, 4.69) is 4.74 Å². The smallest absolute Gasteiger partial charge is 0.150 e. The van der Waals surface area contributed by atoms with Gasteiger partial charge in [-0.05, 0) is 31.2 Å². The van der Waals surface area contributed by atoms with Crippen molar-refractivity contribution in [2.45, 2.75) is 6.92 Å². The number of hydrogen-bond donors (Lipinski definition) is 1. The van der Waals surface area contributed by atoms with Gasteiger partial charge in [-0.3, -0.25) is 4.79 Å². The van der Waals surface area contributed by atoms with E-state index in [4.69, 9.17) is 9.84 Å². The van der Waals surface area contributed by atoms with Crippen molar-refractivity contribution in [3.8, 4) is 5.75 Å². The number of ether oxygens (including phenoxy) is 2. The van der Waals surface area contributed by atoms with Gasteiger partial charge in [0.15, 0.2) is 0 Å². The first-order valence-corrected chi connectivity index (χ1v) is 5.06. The van der Waals surface area contributed by atoms with Crippen molar-refractivity contribution in [1.29, 1.82) is 0 Å². The molecule has 90 valence electrons. The molecule has 4 nitrogen and oxygen atoms in total. The normalized spacial score (nSPS) is 8.94. The van der Waals surface area contributed by atoms with Gasteiger partial charge in [0.05, 0.1) is 6.61 Å². The lowest BCUT2D eigenvalue weighted by Crippen LogP contribution is -2.01. The van der Waals surface area contributed by atoms with E-state index in [0.29, 0.717) is 11.3 Å². The van der Waals surface area contributed by atoms with Crippen LogP contribution in [0.1, 0.15) is 17.3 Å². The van der Waals surface area contributed by atoms with Crippen LogP contribution in [-0.2, 0) is 4.74 Å². The third-order valence-corrected chi connectivity index (χ3v) is 1.66. The predicted molar refractivity (Wildman–Crippen MR) is 62.0 cm³/mol. The summed E-state index contributed by atoms with van der Waals surface area (Å²) in [5, 5.41) is 8.45. The summed E-state index contributed by atoms with van der Waals surface area (Å²) in [5.74, 6) is 0.662. The number of aliphatic hydroxyl groups excluding tert-OH is 1. The predicted octanol–water partition coefficient (Wildman–Crippen LogP) is 1.52. The average Bonchev–Trinajstić information content (AvgIpc) is 2.37. The first-order valence-electron chi connectivity index (χ1n) is 5.06. The van der Waals surface area contributed by atoms with Crippen LogP contribution in [-0.4, -0.2) is 38.3 Å². The Morgan fingerprint density at radius 1 is 1.31 bits per heavy atom. The molecule has 0 radical (unpaired) electrons. The van der Waals surface area contributed by atoms with Crippen molar-refractivity contribution in [2.75, 3.05) is 26.9 Å². The molecule has 0 aliphatic rings. The van der Waals surface area contributed by atoms with Gasteiger partial charge in [-0.2, -0.15) is 0 Å². The lowest BCUT2D eigenvalue weighted by atomic mass is 10.2. The van der Waals surface area contributed by atoms with Crippen molar-refractivity contribution in [2.24, 2.45) is 0 Å². The Labute approximate surface area is 95.8 Å². The van der Waals surface area contributed by atoms with Gasteiger partial charge in [0.2, 0.25) is 0 Å². The minimum absolute atomic E-state index is 0.00453. The Bertz CT molecular complexity index is 267. The van der Waals surface area contributed by atoms with Gasteiger partial charge in [0.25, 0.3) is 0 Å². The third-order valence-electron chi connectivity index (χ3n) is 1.66. The van der Waals surface area contributed by atoms with E-state index in [9.17, 15) is 4.79 Å². The standard InChI is InChI=1S/C9H10O3.C3H8O/c10-5-6-12-9-3-1-8(7-11)2-4-9;1-3-4-2/h1-4,7,10H,5-6H2;3H2,1-2H3. The molecule has 0 aliphatic heterocycles. The maximum Gasteiger partial charge on any atom is 0.150 e. The summed E-state index contributed by atoms with van der Waals surface area (Å²) in [4.78, 5) is 10.3. The van der Waals surface area contributed by atoms with E-state index in [-0.39, 0.29) is 13.2 Å². The Hall–Kier alpha value is -1.39. The molecule has 0 unspecified atom stereocenters. The van der Waals surface area contributed by atoms with Crippen LogP contribution in [0.25, 0.3) is 0 Å². The van der Waals surface area contributed by atoms with Gasteiger partial charge < -0.3 is 14.6 Å². The van der Waals surface area contributed by atoms with Crippen molar-refractivity contribution in [1.82, 2.24) is 0 Å². The maximum atomic E-state index is 10.3. The molecule has 16 heavy (non-hydrogen) atoms. The molecule has 4 heteroatoms. The minimum Gasteiger partial charge on any atom is -0.491 e. The van der Waals surface area contributed by atoms with Crippen LogP contribution >= 0.6 is 0 Å². The maximum absolute atomic E-state index is 10.3. The number of benzene rings is 1. The Morgan fingerprint density at radius 2 is 1.88 bits per heavy atom. The monoisotopic (exact) mass is 226 g/mol. The first-order chi connectivity index (χ1) is 7.78. The summed E-state index contributed by atoms with van der Waals surface area (Å²) in [6, 6.07) is 6.72. The summed E-state index contributed by atoms with van der Waals surface area (Å²) in [6.45, 7) is 3.05. The van der Waals surface area contributed by atoms with E-state index in [1.807, 2.05) is 6.92 Å². The molecular weight excluding hydrogens is 208 g/mol. The minimum atomic E-state index is -0.00453. The summed E-state index contributed by atoms with van der Waals surface area (Å²) in [7, 11) is 1.68. The van der Waals surface area contributed by atoms with Crippen LogP contribution in [0.15, 0.2) is 24.3 Å². The molecule has 1 aromatic rings. The second kappa shape index (κ2) is 10.1. The van der Waals surface area contributed by atoms with Gasteiger partial charge in [-0.15, -0.1) is 0 Å². The Kier molecular flexibility index (Phi) is 9.26. The molecule has 0 bridgehead atoms.